The maximum absolute atomic E-state index is 12.0. The lowest BCUT2D eigenvalue weighted by molar-refractivity contribution is -0.198. The van der Waals surface area contributed by atoms with Crippen LogP contribution in [0.3, 0.4) is 0 Å². The molecule has 7 heteroatoms. The van der Waals surface area contributed by atoms with Crippen molar-refractivity contribution in [3.63, 3.8) is 0 Å². The molecule has 1 saturated heterocycles. The minimum atomic E-state index is -0.829. The third-order valence-electron chi connectivity index (χ3n) is 6.53. The Kier molecular flexibility index (Phi) is 9.20. The number of rotatable bonds is 10. The molecule has 3 rings (SSSR count). The minimum absolute atomic E-state index is 0.212. The van der Waals surface area contributed by atoms with Crippen LogP contribution in [0.5, 0.6) is 11.5 Å². The smallest absolute Gasteiger partial charge is 0.335 e. The van der Waals surface area contributed by atoms with Crippen LogP contribution < -0.4 is 9.47 Å². The maximum Gasteiger partial charge on any atom is 0.335 e. The summed E-state index contributed by atoms with van der Waals surface area (Å²) in [6.07, 6.45) is 4.80. The molecule has 1 aromatic rings. The number of hydrogen-bond donors (Lipinski definition) is 1. The summed E-state index contributed by atoms with van der Waals surface area (Å²) >= 11 is 0. The molecule has 0 radical (unpaired) electrons. The molecule has 1 N–H and O–H groups in total. The molecule has 1 heterocycles. The number of fused-ring (bicyclic) bond motifs is 1. The zero-order valence-electron chi connectivity index (χ0n) is 20.0. The monoisotopic (exact) mass is 449 g/mol. The van der Waals surface area contributed by atoms with Gasteiger partial charge in [-0.25, -0.2) is 4.79 Å². The van der Waals surface area contributed by atoms with Crippen LogP contribution in [0.25, 0.3) is 0 Å². The van der Waals surface area contributed by atoms with Gasteiger partial charge in [0.15, 0.2) is 17.6 Å². The Labute approximate surface area is 192 Å². The molecule has 1 aromatic carbocycles. The number of nitrogens with zero attached hydrogens (tertiary/aromatic N) is 1. The van der Waals surface area contributed by atoms with E-state index in [0.29, 0.717) is 24.0 Å². The lowest BCUT2D eigenvalue weighted by atomic mass is 9.86. The Hall–Kier alpha value is -1.83. The zero-order chi connectivity index (χ0) is 23.1. The van der Waals surface area contributed by atoms with E-state index < -0.39 is 24.5 Å². The first-order valence-corrected chi connectivity index (χ1v) is 12.0. The van der Waals surface area contributed by atoms with Crippen LogP contribution in [-0.2, 0) is 27.1 Å². The average molecular weight is 450 g/mol. The Morgan fingerprint density at radius 1 is 1.19 bits per heavy atom. The van der Waals surface area contributed by atoms with E-state index >= 15 is 0 Å². The highest BCUT2D eigenvalue weighted by Gasteiger charge is 2.36. The van der Waals surface area contributed by atoms with Crippen LogP contribution in [0.4, 0.5) is 0 Å². The molecule has 0 saturated carbocycles. The van der Waals surface area contributed by atoms with Gasteiger partial charge in [-0.05, 0) is 56.8 Å². The number of esters is 1. The van der Waals surface area contributed by atoms with E-state index in [0.717, 1.165) is 44.3 Å². The van der Waals surface area contributed by atoms with Gasteiger partial charge >= 0.3 is 5.97 Å². The van der Waals surface area contributed by atoms with Gasteiger partial charge < -0.3 is 29.0 Å². The van der Waals surface area contributed by atoms with Crippen LogP contribution in [-0.4, -0.2) is 67.8 Å². The number of hydrogen-bond acceptors (Lipinski definition) is 7. The van der Waals surface area contributed by atoms with Gasteiger partial charge in [0.2, 0.25) is 6.29 Å². The third kappa shape index (κ3) is 5.94. The van der Waals surface area contributed by atoms with Crippen molar-refractivity contribution in [2.75, 3.05) is 27.3 Å². The lowest BCUT2D eigenvalue weighted by Gasteiger charge is -2.37. The van der Waals surface area contributed by atoms with Crippen molar-refractivity contribution in [3.8, 4) is 11.5 Å². The first-order chi connectivity index (χ1) is 15.5. The molecule has 2 unspecified atom stereocenters. The molecular weight excluding hydrogens is 410 g/mol. The predicted molar refractivity (Wildman–Crippen MR) is 122 cm³/mol. The summed E-state index contributed by atoms with van der Waals surface area (Å²) < 4.78 is 22.5. The Morgan fingerprint density at radius 2 is 2.00 bits per heavy atom. The van der Waals surface area contributed by atoms with Gasteiger partial charge in [-0.1, -0.05) is 26.3 Å². The van der Waals surface area contributed by atoms with Crippen molar-refractivity contribution in [1.82, 2.24) is 4.90 Å². The second-order valence-electron chi connectivity index (χ2n) is 8.84. The highest BCUT2D eigenvalue weighted by atomic mass is 16.7. The number of aliphatic hydroxyl groups is 1. The molecule has 0 aromatic heterocycles. The molecule has 1 fully saturated rings. The molecule has 32 heavy (non-hydrogen) atoms. The number of ether oxygens (including phenoxy) is 4. The number of methoxy groups -OCH3 is 2. The van der Waals surface area contributed by atoms with Crippen LogP contribution in [0, 0.1) is 0 Å². The van der Waals surface area contributed by atoms with Gasteiger partial charge in [0.25, 0.3) is 0 Å². The zero-order valence-corrected chi connectivity index (χ0v) is 20.0. The van der Waals surface area contributed by atoms with Crippen molar-refractivity contribution in [3.05, 3.63) is 23.3 Å². The van der Waals surface area contributed by atoms with E-state index in [2.05, 4.69) is 24.8 Å². The predicted octanol–water partition coefficient (Wildman–Crippen LogP) is 3.48. The van der Waals surface area contributed by atoms with Gasteiger partial charge in [-0.3, -0.25) is 0 Å². The molecule has 0 amide bonds. The SMILES string of the molecule is CCCCN(CCC)C1CCc2c(ccc(OC)c2O[C@H]2CC(O)C[C@@H](C(=O)OC)O2)C1. The highest BCUT2D eigenvalue weighted by Crippen LogP contribution is 2.40. The molecule has 180 valence electrons. The summed E-state index contributed by atoms with van der Waals surface area (Å²) in [7, 11) is 2.94. The molecule has 1 aliphatic carbocycles. The molecule has 0 spiro atoms. The Balaban J connectivity index is 1.79. The molecule has 0 bridgehead atoms. The van der Waals surface area contributed by atoms with Crippen LogP contribution in [0.15, 0.2) is 12.1 Å². The molecular formula is C25H39NO6. The topological polar surface area (TPSA) is 77.5 Å². The Bertz CT molecular complexity index is 754. The fourth-order valence-electron chi connectivity index (χ4n) is 4.86. The number of unbranched alkanes of at least 4 members (excludes halogenated alkanes) is 1. The fourth-order valence-corrected chi connectivity index (χ4v) is 4.86. The standard InChI is InChI=1S/C25H39NO6/c1-5-7-13-26(12-6-2)18-9-10-20-17(14-18)8-11-21(29-3)24(20)32-23-16-19(27)15-22(31-23)25(28)30-4/h8,11,18-19,22-23,27H,5-7,9-10,12-16H2,1-4H3/t18?,19?,22-,23-/m0/s1. The van der Waals surface area contributed by atoms with Crippen LogP contribution >= 0.6 is 0 Å². The quantitative estimate of drug-likeness (QED) is 0.548. The number of benzene rings is 1. The number of carbonyl (C=O) groups excluding carboxylic acids is 1. The Morgan fingerprint density at radius 3 is 2.69 bits per heavy atom. The summed E-state index contributed by atoms with van der Waals surface area (Å²) in [5.74, 6) is 0.823. The lowest BCUT2D eigenvalue weighted by Crippen LogP contribution is -2.43. The largest absolute Gasteiger partial charge is 0.493 e. The van der Waals surface area contributed by atoms with Gasteiger partial charge in [-0.2, -0.15) is 0 Å². The summed E-state index contributed by atoms with van der Waals surface area (Å²) in [6, 6.07) is 4.63. The van der Waals surface area contributed by atoms with E-state index in [9.17, 15) is 9.90 Å². The van der Waals surface area contributed by atoms with Crippen molar-refractivity contribution in [2.24, 2.45) is 0 Å². The second-order valence-corrected chi connectivity index (χ2v) is 8.84. The summed E-state index contributed by atoms with van der Waals surface area (Å²) in [6.45, 7) is 6.76. The van der Waals surface area contributed by atoms with E-state index in [-0.39, 0.29) is 6.42 Å². The normalized spacial score (nSPS) is 25.3. The fraction of sp³-hybridized carbons (Fsp3) is 0.720. The summed E-state index contributed by atoms with van der Waals surface area (Å²) in [4.78, 5) is 14.6. The van der Waals surface area contributed by atoms with Gasteiger partial charge in [0.05, 0.1) is 20.3 Å². The number of aliphatic hydroxyl groups excluding tert-OH is 1. The van der Waals surface area contributed by atoms with Crippen molar-refractivity contribution < 1.29 is 28.8 Å². The molecule has 4 atom stereocenters. The van der Waals surface area contributed by atoms with Gasteiger partial charge in [-0.15, -0.1) is 0 Å². The second kappa shape index (κ2) is 11.9. The van der Waals surface area contributed by atoms with Crippen molar-refractivity contribution >= 4 is 5.97 Å². The van der Waals surface area contributed by atoms with Crippen molar-refractivity contribution in [1.29, 1.82) is 0 Å². The van der Waals surface area contributed by atoms with E-state index in [1.165, 1.54) is 25.5 Å². The van der Waals surface area contributed by atoms with E-state index in [1.807, 2.05) is 6.07 Å². The first-order valence-electron chi connectivity index (χ1n) is 12.0. The molecule has 7 nitrogen and oxygen atoms in total. The van der Waals surface area contributed by atoms with Crippen LogP contribution in [0.2, 0.25) is 0 Å². The van der Waals surface area contributed by atoms with Gasteiger partial charge in [0.1, 0.15) is 0 Å². The molecule has 2 aliphatic rings. The van der Waals surface area contributed by atoms with Gasteiger partial charge in [0, 0.05) is 24.4 Å². The van der Waals surface area contributed by atoms with Crippen molar-refractivity contribution in [2.45, 2.75) is 89.8 Å². The molecule has 1 aliphatic heterocycles. The number of carbonyl (C=O) groups is 1. The van der Waals surface area contributed by atoms with E-state index in [4.69, 9.17) is 18.9 Å². The maximum atomic E-state index is 12.0. The summed E-state index contributed by atoms with van der Waals surface area (Å²) in [5, 5.41) is 10.2. The minimum Gasteiger partial charge on any atom is -0.493 e. The first kappa shape index (κ1) is 24.8. The third-order valence-corrected chi connectivity index (χ3v) is 6.53. The summed E-state index contributed by atoms with van der Waals surface area (Å²) in [5.41, 5.74) is 2.42. The average Bonchev–Trinajstić information content (AvgIpc) is 2.80. The van der Waals surface area contributed by atoms with Crippen LogP contribution in [0.1, 0.15) is 63.5 Å². The van der Waals surface area contributed by atoms with E-state index in [1.54, 1.807) is 7.11 Å². The highest BCUT2D eigenvalue weighted by molar-refractivity contribution is 5.74.